The van der Waals surface area contributed by atoms with Crippen LogP contribution in [0.1, 0.15) is 38.0 Å². The topological polar surface area (TPSA) is 72.3 Å². The van der Waals surface area contributed by atoms with Crippen LogP contribution in [-0.4, -0.2) is 26.6 Å². The number of benzene rings is 3. The number of aliphatic carboxylic acids is 1. The van der Waals surface area contributed by atoms with E-state index in [0.29, 0.717) is 10.6 Å². The quantitative estimate of drug-likeness (QED) is 0.255. The van der Waals surface area contributed by atoms with Crippen molar-refractivity contribution in [3.8, 4) is 21.7 Å². The normalized spacial score (nSPS) is 12.8. The number of fused-ring (bicyclic) bond motifs is 2. The molecule has 0 aliphatic carbocycles. The summed E-state index contributed by atoms with van der Waals surface area (Å²) in [6.45, 7) is 7.49. The average Bonchev–Trinajstić information content (AvgIpc) is 3.25. The third kappa shape index (κ3) is 4.72. The van der Waals surface area contributed by atoms with Gasteiger partial charge >= 0.3 is 5.97 Å². The lowest BCUT2D eigenvalue weighted by Crippen LogP contribution is -2.28. The van der Waals surface area contributed by atoms with Gasteiger partial charge in [-0.1, -0.05) is 35.9 Å². The van der Waals surface area contributed by atoms with Crippen LogP contribution in [0.5, 0.6) is 0 Å². The molecule has 5 rings (SSSR count). The van der Waals surface area contributed by atoms with Gasteiger partial charge in [0.05, 0.1) is 15.8 Å². The largest absolute Gasteiger partial charge is 0.479 e. The molecule has 0 amide bonds. The number of carbonyl (C=O) groups is 1. The Labute approximate surface area is 218 Å². The number of carboxylic acid groups (broad SMARTS) is 1. The monoisotopic (exact) mass is 516 g/mol. The molecular weight excluding hydrogens is 492 g/mol. The molecule has 2 heterocycles. The number of halogens is 1. The predicted octanol–water partition coefficient (Wildman–Crippen LogP) is 8.08. The van der Waals surface area contributed by atoms with Gasteiger partial charge in [0.25, 0.3) is 0 Å². The van der Waals surface area contributed by atoms with E-state index in [1.165, 1.54) is 0 Å². The molecule has 5 aromatic rings. The van der Waals surface area contributed by atoms with E-state index in [2.05, 4.69) is 11.1 Å². The molecule has 36 heavy (non-hydrogen) atoms. The third-order valence-electron chi connectivity index (χ3n) is 5.91. The first-order valence-electron chi connectivity index (χ1n) is 11.6. The van der Waals surface area contributed by atoms with E-state index in [0.717, 1.165) is 48.3 Å². The number of hydrogen-bond donors (Lipinski definition) is 1. The minimum Gasteiger partial charge on any atom is -0.479 e. The van der Waals surface area contributed by atoms with Gasteiger partial charge in [-0.15, -0.1) is 11.3 Å². The number of aromatic nitrogens is 2. The van der Waals surface area contributed by atoms with Gasteiger partial charge in [0.2, 0.25) is 0 Å². The lowest BCUT2D eigenvalue weighted by Gasteiger charge is -2.28. The summed E-state index contributed by atoms with van der Waals surface area (Å²) in [5, 5.41) is 13.8. The van der Waals surface area contributed by atoms with E-state index in [1.54, 1.807) is 17.5 Å². The summed E-state index contributed by atoms with van der Waals surface area (Å²) in [6.07, 6.45) is 2.48. The van der Waals surface area contributed by atoms with Crippen molar-refractivity contribution >= 4 is 49.9 Å². The van der Waals surface area contributed by atoms with Crippen LogP contribution in [0.15, 0.2) is 67.0 Å². The van der Waals surface area contributed by atoms with Crippen LogP contribution in [-0.2, 0) is 9.53 Å². The Kier molecular flexibility index (Phi) is 6.29. The number of nitrogens with zero attached hydrogens (tertiary/aromatic N) is 2. The summed E-state index contributed by atoms with van der Waals surface area (Å²) < 4.78 is 7.00. The summed E-state index contributed by atoms with van der Waals surface area (Å²) >= 11 is 7.73. The van der Waals surface area contributed by atoms with Crippen molar-refractivity contribution < 1.29 is 14.6 Å². The van der Waals surface area contributed by atoms with Gasteiger partial charge in [-0.3, -0.25) is 4.98 Å². The van der Waals surface area contributed by atoms with Crippen molar-refractivity contribution in [2.75, 3.05) is 0 Å². The fraction of sp³-hybridized carbons (Fsp3) is 0.207. The molecule has 0 saturated carbocycles. The van der Waals surface area contributed by atoms with Crippen LogP contribution < -0.4 is 0 Å². The first-order chi connectivity index (χ1) is 17.1. The molecule has 1 N–H and O–H groups in total. The Morgan fingerprint density at radius 3 is 2.44 bits per heavy atom. The molecule has 3 aromatic carbocycles. The standard InChI is InChI=1S/C29H25ClN2O3S/c1-16-13-22-26(36-27(32-22)19-5-6-20-15-31-12-11-18(20)14-19)24(17-7-9-21(30)10-8-17)23(16)25(28(33)34)35-29(2,3)4/h5-15,25H,1-4H3,(H,33,34). The molecule has 5 nitrogen and oxygen atoms in total. The summed E-state index contributed by atoms with van der Waals surface area (Å²) in [5.41, 5.74) is 4.28. The number of carboxylic acids is 1. The highest BCUT2D eigenvalue weighted by molar-refractivity contribution is 7.22. The predicted molar refractivity (Wildman–Crippen MR) is 147 cm³/mol. The lowest BCUT2D eigenvalue weighted by molar-refractivity contribution is -0.160. The molecule has 7 heteroatoms. The summed E-state index contributed by atoms with van der Waals surface area (Å²) in [4.78, 5) is 21.6. The second-order valence-electron chi connectivity index (χ2n) is 9.74. The maximum Gasteiger partial charge on any atom is 0.337 e. The lowest BCUT2D eigenvalue weighted by atomic mass is 9.91. The highest BCUT2D eigenvalue weighted by Gasteiger charge is 2.32. The highest BCUT2D eigenvalue weighted by Crippen LogP contribution is 2.44. The van der Waals surface area contributed by atoms with Crippen molar-refractivity contribution in [1.29, 1.82) is 0 Å². The van der Waals surface area contributed by atoms with Crippen molar-refractivity contribution in [2.24, 2.45) is 0 Å². The summed E-state index contributed by atoms with van der Waals surface area (Å²) in [7, 11) is 0. The van der Waals surface area contributed by atoms with Crippen LogP contribution in [0, 0.1) is 6.92 Å². The smallest absolute Gasteiger partial charge is 0.337 e. The molecule has 0 saturated heterocycles. The molecule has 1 atom stereocenters. The number of pyridine rings is 1. The van der Waals surface area contributed by atoms with E-state index in [9.17, 15) is 9.90 Å². The Hall–Kier alpha value is -3.32. The molecular formula is C29H25ClN2O3S. The van der Waals surface area contributed by atoms with Crippen LogP contribution in [0.2, 0.25) is 5.02 Å². The fourth-order valence-corrected chi connectivity index (χ4v) is 5.63. The average molecular weight is 517 g/mol. The Morgan fingerprint density at radius 2 is 1.75 bits per heavy atom. The van der Waals surface area contributed by atoms with E-state index in [-0.39, 0.29) is 0 Å². The first kappa shape index (κ1) is 24.4. The number of hydrogen-bond acceptors (Lipinski definition) is 5. The zero-order valence-corrected chi connectivity index (χ0v) is 21.9. The van der Waals surface area contributed by atoms with E-state index >= 15 is 0 Å². The third-order valence-corrected chi connectivity index (χ3v) is 7.30. The highest BCUT2D eigenvalue weighted by atomic mass is 35.5. The second kappa shape index (κ2) is 9.28. The van der Waals surface area contributed by atoms with Gasteiger partial charge in [-0.05, 0) is 74.5 Å². The molecule has 0 aliphatic rings. The van der Waals surface area contributed by atoms with Crippen molar-refractivity contribution in [3.05, 3.63) is 83.1 Å². The Balaban J connectivity index is 1.78. The van der Waals surface area contributed by atoms with Crippen molar-refractivity contribution in [3.63, 3.8) is 0 Å². The zero-order chi connectivity index (χ0) is 25.6. The SMILES string of the molecule is Cc1cc2nc(-c3ccc4cnccc4c3)sc2c(-c2ccc(Cl)cc2)c1C(OC(C)(C)C)C(=O)O. The van der Waals surface area contributed by atoms with Gasteiger partial charge in [0, 0.05) is 39.5 Å². The fourth-order valence-electron chi connectivity index (χ4n) is 4.38. The molecule has 0 bridgehead atoms. The van der Waals surface area contributed by atoms with E-state index in [1.807, 2.05) is 82.4 Å². The summed E-state index contributed by atoms with van der Waals surface area (Å²) in [6, 6.07) is 17.6. The minimum atomic E-state index is -1.14. The molecule has 1 unspecified atom stereocenters. The van der Waals surface area contributed by atoms with E-state index in [4.69, 9.17) is 21.3 Å². The first-order valence-corrected chi connectivity index (χ1v) is 12.7. The maximum absolute atomic E-state index is 12.5. The Bertz CT molecular complexity index is 1600. The van der Waals surface area contributed by atoms with Crippen molar-refractivity contribution in [2.45, 2.75) is 39.4 Å². The van der Waals surface area contributed by atoms with E-state index < -0.39 is 17.7 Å². The molecule has 0 fully saturated rings. The molecule has 0 spiro atoms. The second-order valence-corrected chi connectivity index (χ2v) is 11.2. The summed E-state index contributed by atoms with van der Waals surface area (Å²) in [5.74, 6) is -1.03. The number of rotatable bonds is 5. The van der Waals surface area contributed by atoms with Crippen LogP contribution in [0.4, 0.5) is 0 Å². The van der Waals surface area contributed by atoms with Gasteiger partial charge in [-0.25, -0.2) is 9.78 Å². The van der Waals surface area contributed by atoms with Gasteiger partial charge in [0.15, 0.2) is 6.10 Å². The zero-order valence-electron chi connectivity index (χ0n) is 20.4. The van der Waals surface area contributed by atoms with Crippen molar-refractivity contribution in [1.82, 2.24) is 9.97 Å². The number of ether oxygens (including phenoxy) is 1. The van der Waals surface area contributed by atoms with Crippen LogP contribution in [0.25, 0.3) is 42.7 Å². The van der Waals surface area contributed by atoms with Crippen LogP contribution in [0.3, 0.4) is 0 Å². The molecule has 182 valence electrons. The number of aryl methyl sites for hydroxylation is 1. The van der Waals surface area contributed by atoms with Crippen LogP contribution >= 0.6 is 22.9 Å². The number of thiazole rings is 1. The van der Waals surface area contributed by atoms with Gasteiger partial charge in [0.1, 0.15) is 5.01 Å². The molecule has 0 aliphatic heterocycles. The molecule has 2 aromatic heterocycles. The maximum atomic E-state index is 12.5. The van der Waals surface area contributed by atoms with Gasteiger partial charge < -0.3 is 9.84 Å². The Morgan fingerprint density at radius 1 is 1.03 bits per heavy atom. The molecule has 0 radical (unpaired) electrons. The van der Waals surface area contributed by atoms with Gasteiger partial charge in [-0.2, -0.15) is 0 Å². The minimum absolute atomic E-state index is 0.612.